The van der Waals surface area contributed by atoms with Gasteiger partial charge in [-0.25, -0.2) is 0 Å². The van der Waals surface area contributed by atoms with Crippen LogP contribution in [0.25, 0.3) is 0 Å². The second kappa shape index (κ2) is 5.78. The lowest BCUT2D eigenvalue weighted by atomic mass is 9.95. The Labute approximate surface area is 114 Å². The lowest BCUT2D eigenvalue weighted by Gasteiger charge is -2.12. The van der Waals surface area contributed by atoms with E-state index in [1.807, 2.05) is 42.5 Å². The van der Waals surface area contributed by atoms with E-state index < -0.39 is 0 Å². The number of hydrogen-bond acceptors (Lipinski definition) is 2. The van der Waals surface area contributed by atoms with Crippen molar-refractivity contribution in [3.8, 4) is 0 Å². The monoisotopic (exact) mass is 304 g/mol. The number of nitrogens with two attached hydrogens (primary N) is 1. The van der Waals surface area contributed by atoms with Gasteiger partial charge in [0.2, 0.25) is 5.91 Å². The minimum atomic E-state index is -0.388. The fourth-order valence-corrected chi connectivity index (χ4v) is 2.03. The maximum atomic E-state index is 11.6. The number of hydrogen-bond donors (Lipinski definition) is 1. The first-order valence-electron chi connectivity index (χ1n) is 5.61. The molecule has 2 aromatic rings. The second-order valence-electron chi connectivity index (χ2n) is 4.05. The van der Waals surface area contributed by atoms with E-state index in [0.717, 1.165) is 10.0 Å². The molecule has 0 saturated carbocycles. The standard InChI is InChI=1S/C14H13BrN2O/c15-11-6-7-13(17-9-11)12(14(16)18)8-10-4-2-1-3-5-10/h1-7,9,12H,8H2,(H2,16,18). The molecule has 4 heteroatoms. The molecule has 2 rings (SSSR count). The van der Waals surface area contributed by atoms with Crippen molar-refractivity contribution < 1.29 is 4.79 Å². The molecular weight excluding hydrogens is 292 g/mol. The zero-order valence-corrected chi connectivity index (χ0v) is 11.3. The summed E-state index contributed by atoms with van der Waals surface area (Å²) < 4.78 is 0.884. The average Bonchev–Trinajstić information content (AvgIpc) is 2.38. The third-order valence-corrected chi connectivity index (χ3v) is 3.20. The first kappa shape index (κ1) is 12.8. The summed E-state index contributed by atoms with van der Waals surface area (Å²) in [6.45, 7) is 0. The van der Waals surface area contributed by atoms with E-state index in [-0.39, 0.29) is 11.8 Å². The van der Waals surface area contributed by atoms with Gasteiger partial charge in [0, 0.05) is 10.7 Å². The maximum Gasteiger partial charge on any atom is 0.226 e. The van der Waals surface area contributed by atoms with Crippen LogP contribution < -0.4 is 5.73 Å². The summed E-state index contributed by atoms with van der Waals surface area (Å²) in [5, 5.41) is 0. The molecule has 0 bridgehead atoms. The molecule has 1 aromatic heterocycles. The van der Waals surface area contributed by atoms with Crippen molar-refractivity contribution in [1.82, 2.24) is 4.98 Å². The van der Waals surface area contributed by atoms with E-state index >= 15 is 0 Å². The summed E-state index contributed by atoms with van der Waals surface area (Å²) in [4.78, 5) is 15.8. The number of benzene rings is 1. The molecule has 0 radical (unpaired) electrons. The number of primary amides is 1. The smallest absolute Gasteiger partial charge is 0.226 e. The maximum absolute atomic E-state index is 11.6. The van der Waals surface area contributed by atoms with Crippen molar-refractivity contribution in [3.63, 3.8) is 0 Å². The SMILES string of the molecule is NC(=O)C(Cc1ccccc1)c1ccc(Br)cn1. The molecule has 1 unspecified atom stereocenters. The minimum Gasteiger partial charge on any atom is -0.369 e. The van der Waals surface area contributed by atoms with Gasteiger partial charge >= 0.3 is 0 Å². The van der Waals surface area contributed by atoms with Gasteiger partial charge < -0.3 is 5.73 Å². The Bertz CT molecular complexity index is 525. The van der Waals surface area contributed by atoms with Crippen molar-refractivity contribution in [2.24, 2.45) is 5.73 Å². The Morgan fingerprint density at radius 1 is 1.22 bits per heavy atom. The van der Waals surface area contributed by atoms with E-state index in [1.54, 1.807) is 6.20 Å². The summed E-state index contributed by atoms with van der Waals surface area (Å²) in [5.74, 6) is -0.742. The van der Waals surface area contributed by atoms with Crippen LogP contribution in [-0.2, 0) is 11.2 Å². The Morgan fingerprint density at radius 3 is 2.50 bits per heavy atom. The highest BCUT2D eigenvalue weighted by Gasteiger charge is 2.19. The largest absolute Gasteiger partial charge is 0.369 e. The molecule has 1 aromatic carbocycles. The van der Waals surface area contributed by atoms with Gasteiger partial charge in [0.1, 0.15) is 0 Å². The van der Waals surface area contributed by atoms with Gasteiger partial charge in [-0.2, -0.15) is 0 Å². The zero-order valence-electron chi connectivity index (χ0n) is 9.71. The lowest BCUT2D eigenvalue weighted by molar-refractivity contribution is -0.119. The Hall–Kier alpha value is -1.68. The van der Waals surface area contributed by atoms with Crippen LogP contribution in [0.3, 0.4) is 0 Å². The quantitative estimate of drug-likeness (QED) is 0.944. The van der Waals surface area contributed by atoms with Crippen molar-refractivity contribution >= 4 is 21.8 Å². The van der Waals surface area contributed by atoms with Crippen molar-refractivity contribution in [3.05, 3.63) is 64.4 Å². The number of nitrogens with zero attached hydrogens (tertiary/aromatic N) is 1. The van der Waals surface area contributed by atoms with Crippen LogP contribution in [-0.4, -0.2) is 10.9 Å². The molecule has 0 spiro atoms. The van der Waals surface area contributed by atoms with Gasteiger partial charge in [-0.3, -0.25) is 9.78 Å². The summed E-state index contributed by atoms with van der Waals surface area (Å²) >= 11 is 3.32. The third kappa shape index (κ3) is 3.17. The van der Waals surface area contributed by atoms with Crippen molar-refractivity contribution in [1.29, 1.82) is 0 Å². The van der Waals surface area contributed by atoms with Gasteiger partial charge in [0.15, 0.2) is 0 Å². The molecule has 18 heavy (non-hydrogen) atoms. The van der Waals surface area contributed by atoms with E-state index in [9.17, 15) is 4.79 Å². The van der Waals surface area contributed by atoms with Crippen LogP contribution in [0, 0.1) is 0 Å². The van der Waals surface area contributed by atoms with E-state index in [2.05, 4.69) is 20.9 Å². The number of carbonyl (C=O) groups is 1. The zero-order chi connectivity index (χ0) is 13.0. The Kier molecular flexibility index (Phi) is 4.10. The normalized spacial score (nSPS) is 12.1. The molecule has 1 heterocycles. The van der Waals surface area contributed by atoms with Gasteiger partial charge in [-0.15, -0.1) is 0 Å². The Balaban J connectivity index is 2.24. The molecule has 0 saturated heterocycles. The molecule has 3 nitrogen and oxygen atoms in total. The fraction of sp³-hybridized carbons (Fsp3) is 0.143. The highest BCUT2D eigenvalue weighted by molar-refractivity contribution is 9.10. The van der Waals surface area contributed by atoms with Gasteiger partial charge in [-0.1, -0.05) is 30.3 Å². The number of aromatic nitrogens is 1. The molecule has 0 fully saturated rings. The predicted molar refractivity (Wildman–Crippen MR) is 74.0 cm³/mol. The number of amides is 1. The highest BCUT2D eigenvalue weighted by atomic mass is 79.9. The molecule has 0 aliphatic carbocycles. The Morgan fingerprint density at radius 2 is 1.94 bits per heavy atom. The van der Waals surface area contributed by atoms with Crippen LogP contribution in [0.1, 0.15) is 17.2 Å². The number of pyridine rings is 1. The molecule has 92 valence electrons. The number of carbonyl (C=O) groups excluding carboxylic acids is 1. The molecule has 1 amide bonds. The van der Waals surface area contributed by atoms with Crippen molar-refractivity contribution in [2.45, 2.75) is 12.3 Å². The summed E-state index contributed by atoms with van der Waals surface area (Å²) in [6, 6.07) is 13.5. The first-order chi connectivity index (χ1) is 8.66. The highest BCUT2D eigenvalue weighted by Crippen LogP contribution is 2.20. The van der Waals surface area contributed by atoms with Crippen LogP contribution in [0.4, 0.5) is 0 Å². The van der Waals surface area contributed by atoms with E-state index in [4.69, 9.17) is 5.73 Å². The third-order valence-electron chi connectivity index (χ3n) is 2.73. The molecular formula is C14H13BrN2O. The van der Waals surface area contributed by atoms with E-state index in [0.29, 0.717) is 12.1 Å². The van der Waals surface area contributed by atoms with Crippen LogP contribution in [0.15, 0.2) is 53.1 Å². The lowest BCUT2D eigenvalue weighted by Crippen LogP contribution is -2.24. The first-order valence-corrected chi connectivity index (χ1v) is 6.41. The van der Waals surface area contributed by atoms with Gasteiger partial charge in [-0.05, 0) is 40.0 Å². The fourth-order valence-electron chi connectivity index (χ4n) is 1.79. The topological polar surface area (TPSA) is 56.0 Å². The average molecular weight is 305 g/mol. The minimum absolute atomic E-state index is 0.353. The summed E-state index contributed by atoms with van der Waals surface area (Å²) in [5.41, 5.74) is 7.24. The summed E-state index contributed by atoms with van der Waals surface area (Å²) in [7, 11) is 0. The molecule has 1 atom stereocenters. The van der Waals surface area contributed by atoms with Gasteiger partial charge in [0.25, 0.3) is 0 Å². The van der Waals surface area contributed by atoms with Crippen LogP contribution in [0.2, 0.25) is 0 Å². The van der Waals surface area contributed by atoms with E-state index in [1.165, 1.54) is 0 Å². The number of halogens is 1. The predicted octanol–water partition coefficient (Wildman–Crippen LogP) is 2.66. The molecule has 0 aliphatic heterocycles. The number of rotatable bonds is 4. The molecule has 0 aliphatic rings. The van der Waals surface area contributed by atoms with Crippen molar-refractivity contribution in [2.75, 3.05) is 0 Å². The van der Waals surface area contributed by atoms with Crippen LogP contribution >= 0.6 is 15.9 Å². The molecule has 2 N–H and O–H groups in total. The second-order valence-corrected chi connectivity index (χ2v) is 4.96. The van der Waals surface area contributed by atoms with Crippen LogP contribution in [0.5, 0.6) is 0 Å². The summed E-state index contributed by atoms with van der Waals surface area (Å²) in [6.07, 6.45) is 2.25. The van der Waals surface area contributed by atoms with Gasteiger partial charge in [0.05, 0.1) is 11.6 Å².